The number of thiazole rings is 1. The van der Waals surface area contributed by atoms with Gasteiger partial charge in [0.1, 0.15) is 0 Å². The van der Waals surface area contributed by atoms with E-state index in [0.29, 0.717) is 5.13 Å². The molecule has 0 aliphatic carbocycles. The highest BCUT2D eigenvalue weighted by Gasteiger charge is 2.33. The predicted octanol–water partition coefficient (Wildman–Crippen LogP) is 1.45. The number of nitrogens with two attached hydrogens (primary N) is 1. The molecule has 2 rings (SSSR count). The van der Waals surface area contributed by atoms with E-state index < -0.39 is 0 Å². The molecule has 3 nitrogen and oxygen atoms in total. The van der Waals surface area contributed by atoms with Crippen molar-refractivity contribution in [2.45, 2.75) is 25.8 Å². The van der Waals surface area contributed by atoms with Crippen LogP contribution in [0.15, 0.2) is 0 Å². The summed E-state index contributed by atoms with van der Waals surface area (Å²) in [5, 5.41) is 0.702. The number of nitrogen functional groups attached to an aromatic ring is 1. The summed E-state index contributed by atoms with van der Waals surface area (Å²) in [7, 11) is 2.14. The third-order valence-electron chi connectivity index (χ3n) is 2.43. The molecule has 0 unspecified atom stereocenters. The van der Waals surface area contributed by atoms with Crippen LogP contribution in [0.1, 0.15) is 24.4 Å². The smallest absolute Gasteiger partial charge is 0.180 e. The van der Waals surface area contributed by atoms with E-state index in [0.717, 1.165) is 13.1 Å². The van der Waals surface area contributed by atoms with Gasteiger partial charge in [0.25, 0.3) is 0 Å². The summed E-state index contributed by atoms with van der Waals surface area (Å²) in [5.41, 5.74) is 7.06. The SMILES string of the molecule is CN1Cc2sc(N)nc2C(C)(C)C1. The largest absolute Gasteiger partial charge is 0.375 e. The Morgan fingerprint density at radius 1 is 1.54 bits per heavy atom. The minimum absolute atomic E-state index is 0.149. The van der Waals surface area contributed by atoms with E-state index in [2.05, 4.69) is 30.8 Å². The van der Waals surface area contributed by atoms with Crippen LogP contribution < -0.4 is 5.73 Å². The van der Waals surface area contributed by atoms with Gasteiger partial charge in [0.2, 0.25) is 0 Å². The molecular formula is C9H15N3S. The summed E-state index contributed by atoms with van der Waals surface area (Å²) < 4.78 is 0. The fourth-order valence-corrected chi connectivity index (χ4v) is 3.15. The molecular weight excluding hydrogens is 182 g/mol. The van der Waals surface area contributed by atoms with Gasteiger partial charge >= 0.3 is 0 Å². The molecule has 0 spiro atoms. The Bertz CT molecular complexity index is 330. The van der Waals surface area contributed by atoms with Crippen LogP contribution in [-0.4, -0.2) is 23.5 Å². The Balaban J connectivity index is 2.49. The van der Waals surface area contributed by atoms with Gasteiger partial charge in [-0.05, 0) is 7.05 Å². The second-order valence-electron chi connectivity index (χ2n) is 4.38. The normalized spacial score (nSPS) is 21.5. The topological polar surface area (TPSA) is 42.1 Å². The molecule has 2 N–H and O–H groups in total. The Morgan fingerprint density at radius 2 is 2.23 bits per heavy atom. The fraction of sp³-hybridized carbons (Fsp3) is 0.667. The van der Waals surface area contributed by atoms with Gasteiger partial charge in [0.05, 0.1) is 5.69 Å². The Kier molecular flexibility index (Phi) is 1.85. The molecule has 2 heterocycles. The maximum atomic E-state index is 5.71. The van der Waals surface area contributed by atoms with E-state index in [4.69, 9.17) is 5.73 Å². The summed E-state index contributed by atoms with van der Waals surface area (Å²) in [6.07, 6.45) is 0. The molecule has 0 fully saturated rings. The molecule has 72 valence electrons. The molecule has 0 saturated carbocycles. The van der Waals surface area contributed by atoms with Crippen LogP contribution in [0.5, 0.6) is 0 Å². The third-order valence-corrected chi connectivity index (χ3v) is 3.30. The first kappa shape index (κ1) is 8.97. The average Bonchev–Trinajstić information content (AvgIpc) is 2.28. The van der Waals surface area contributed by atoms with Crippen LogP contribution in [0, 0.1) is 0 Å². The molecule has 1 aliphatic rings. The number of anilines is 1. The Morgan fingerprint density at radius 3 is 2.92 bits per heavy atom. The van der Waals surface area contributed by atoms with Crippen LogP contribution in [0.4, 0.5) is 5.13 Å². The predicted molar refractivity (Wildman–Crippen MR) is 55.9 cm³/mol. The van der Waals surface area contributed by atoms with Gasteiger partial charge in [0, 0.05) is 23.4 Å². The van der Waals surface area contributed by atoms with E-state index in [1.165, 1.54) is 10.6 Å². The van der Waals surface area contributed by atoms with Crippen molar-refractivity contribution in [2.75, 3.05) is 19.3 Å². The molecule has 0 aromatic carbocycles. The number of hydrogen-bond acceptors (Lipinski definition) is 4. The van der Waals surface area contributed by atoms with Gasteiger partial charge in [-0.25, -0.2) is 4.98 Å². The molecule has 0 atom stereocenters. The van der Waals surface area contributed by atoms with Gasteiger partial charge in [0.15, 0.2) is 5.13 Å². The van der Waals surface area contributed by atoms with Crippen LogP contribution >= 0.6 is 11.3 Å². The van der Waals surface area contributed by atoms with Crippen LogP contribution in [-0.2, 0) is 12.0 Å². The maximum absolute atomic E-state index is 5.71. The van der Waals surface area contributed by atoms with Crippen molar-refractivity contribution >= 4 is 16.5 Å². The monoisotopic (exact) mass is 197 g/mol. The molecule has 0 saturated heterocycles. The summed E-state index contributed by atoms with van der Waals surface area (Å²) in [4.78, 5) is 8.06. The van der Waals surface area contributed by atoms with E-state index in [1.807, 2.05) is 0 Å². The zero-order valence-corrected chi connectivity index (χ0v) is 9.11. The highest BCUT2D eigenvalue weighted by molar-refractivity contribution is 7.15. The summed E-state index contributed by atoms with van der Waals surface area (Å²) in [5.74, 6) is 0. The number of rotatable bonds is 0. The lowest BCUT2D eigenvalue weighted by Gasteiger charge is -2.34. The van der Waals surface area contributed by atoms with Crippen LogP contribution in [0.2, 0.25) is 0 Å². The minimum Gasteiger partial charge on any atom is -0.375 e. The molecule has 1 aliphatic heterocycles. The lowest BCUT2D eigenvalue weighted by molar-refractivity contribution is 0.235. The standard InChI is InChI=1S/C9H15N3S/c1-9(2)5-12(3)4-6-7(9)11-8(10)13-6/h4-5H2,1-3H3,(H2,10,11). The minimum atomic E-state index is 0.149. The van der Waals surface area contributed by atoms with Crippen molar-refractivity contribution in [1.29, 1.82) is 0 Å². The molecule has 1 aromatic rings. The molecule has 13 heavy (non-hydrogen) atoms. The van der Waals surface area contributed by atoms with Crippen LogP contribution in [0.3, 0.4) is 0 Å². The Labute approximate surface area is 82.6 Å². The highest BCUT2D eigenvalue weighted by Crippen LogP contribution is 2.36. The van der Waals surface area contributed by atoms with E-state index in [-0.39, 0.29) is 5.41 Å². The first-order valence-electron chi connectivity index (χ1n) is 4.43. The summed E-state index contributed by atoms with van der Waals surface area (Å²) in [6, 6.07) is 0. The van der Waals surface area contributed by atoms with Crippen molar-refractivity contribution < 1.29 is 0 Å². The van der Waals surface area contributed by atoms with E-state index in [9.17, 15) is 0 Å². The van der Waals surface area contributed by atoms with E-state index >= 15 is 0 Å². The van der Waals surface area contributed by atoms with Crippen molar-refractivity contribution in [1.82, 2.24) is 9.88 Å². The molecule has 4 heteroatoms. The second-order valence-corrected chi connectivity index (χ2v) is 5.50. The van der Waals surface area contributed by atoms with Crippen LogP contribution in [0.25, 0.3) is 0 Å². The molecule has 1 aromatic heterocycles. The maximum Gasteiger partial charge on any atom is 0.180 e. The first-order chi connectivity index (χ1) is 5.99. The van der Waals surface area contributed by atoms with Crippen molar-refractivity contribution in [3.05, 3.63) is 10.6 Å². The summed E-state index contributed by atoms with van der Waals surface area (Å²) in [6.45, 7) is 6.50. The highest BCUT2D eigenvalue weighted by atomic mass is 32.1. The van der Waals surface area contributed by atoms with Gasteiger partial charge in [-0.2, -0.15) is 0 Å². The zero-order valence-electron chi connectivity index (χ0n) is 8.29. The van der Waals surface area contributed by atoms with Crippen molar-refractivity contribution in [3.63, 3.8) is 0 Å². The number of nitrogens with zero attached hydrogens (tertiary/aromatic N) is 2. The van der Waals surface area contributed by atoms with E-state index in [1.54, 1.807) is 11.3 Å². The van der Waals surface area contributed by atoms with Gasteiger partial charge in [-0.1, -0.05) is 13.8 Å². The van der Waals surface area contributed by atoms with Crippen molar-refractivity contribution in [2.24, 2.45) is 0 Å². The molecule has 0 radical (unpaired) electrons. The fourth-order valence-electron chi connectivity index (χ4n) is 2.06. The summed E-state index contributed by atoms with van der Waals surface area (Å²) >= 11 is 1.62. The number of hydrogen-bond donors (Lipinski definition) is 1. The zero-order chi connectivity index (χ0) is 9.64. The number of aromatic nitrogens is 1. The third kappa shape index (κ3) is 1.44. The first-order valence-corrected chi connectivity index (χ1v) is 5.25. The Hall–Kier alpha value is -0.610. The second kappa shape index (κ2) is 2.69. The van der Waals surface area contributed by atoms with Gasteiger partial charge in [-0.3, -0.25) is 0 Å². The lowest BCUT2D eigenvalue weighted by atomic mass is 9.85. The van der Waals surface area contributed by atoms with Crippen molar-refractivity contribution in [3.8, 4) is 0 Å². The lowest BCUT2D eigenvalue weighted by Crippen LogP contribution is -2.39. The number of fused-ring (bicyclic) bond motifs is 1. The number of likely N-dealkylation sites (N-methyl/N-ethyl adjacent to an activating group) is 1. The van der Waals surface area contributed by atoms with Gasteiger partial charge in [-0.15, -0.1) is 11.3 Å². The molecule has 0 bridgehead atoms. The van der Waals surface area contributed by atoms with Gasteiger partial charge < -0.3 is 10.6 Å². The molecule has 0 amide bonds. The quantitative estimate of drug-likeness (QED) is 0.684. The average molecular weight is 197 g/mol.